The summed E-state index contributed by atoms with van der Waals surface area (Å²) in [5.74, 6) is -1.50. The van der Waals surface area contributed by atoms with Gasteiger partial charge in [-0.05, 0) is 6.07 Å². The fraction of sp³-hybridized carbons (Fsp3) is 0.250. The Kier molecular flexibility index (Phi) is 3.83. The molecule has 1 amide bonds. The molecule has 7 heteroatoms. The van der Waals surface area contributed by atoms with Crippen molar-refractivity contribution in [3.8, 4) is 0 Å². The molecule has 0 radical (unpaired) electrons. The Balaban J connectivity index is 2.40. The summed E-state index contributed by atoms with van der Waals surface area (Å²) >= 11 is 0. The largest absolute Gasteiger partial charge is 0.478 e. The van der Waals surface area contributed by atoms with Crippen molar-refractivity contribution in [2.24, 2.45) is 5.73 Å². The van der Waals surface area contributed by atoms with Gasteiger partial charge in [0.15, 0.2) is 0 Å². The van der Waals surface area contributed by atoms with E-state index in [9.17, 15) is 9.59 Å². The van der Waals surface area contributed by atoms with Crippen LogP contribution in [0.15, 0.2) is 16.7 Å². The van der Waals surface area contributed by atoms with Crippen molar-refractivity contribution < 1.29 is 24.0 Å². The second-order valence-electron chi connectivity index (χ2n) is 2.64. The van der Waals surface area contributed by atoms with Gasteiger partial charge in [-0.3, -0.25) is 9.63 Å². The zero-order valence-electron chi connectivity index (χ0n) is 7.73. The van der Waals surface area contributed by atoms with Gasteiger partial charge in [-0.15, -0.1) is 0 Å². The Morgan fingerprint density at radius 2 is 2.33 bits per heavy atom. The van der Waals surface area contributed by atoms with Gasteiger partial charge in [-0.25, -0.2) is 4.79 Å². The Morgan fingerprint density at radius 1 is 1.60 bits per heavy atom. The van der Waals surface area contributed by atoms with Crippen molar-refractivity contribution in [2.75, 3.05) is 6.61 Å². The number of hydroxylamine groups is 1. The molecule has 0 saturated heterocycles. The maximum atomic E-state index is 10.6. The third-order valence-electron chi connectivity index (χ3n) is 1.53. The molecule has 0 bridgehead atoms. The SMILES string of the molecule is NC(=O)CONCc1occc1C(=O)O. The van der Waals surface area contributed by atoms with Gasteiger partial charge in [0.2, 0.25) is 5.91 Å². The van der Waals surface area contributed by atoms with Crippen LogP contribution < -0.4 is 11.2 Å². The highest BCUT2D eigenvalue weighted by molar-refractivity contribution is 5.88. The zero-order valence-corrected chi connectivity index (χ0v) is 7.73. The van der Waals surface area contributed by atoms with Crippen molar-refractivity contribution in [1.29, 1.82) is 0 Å². The molecule has 0 atom stereocenters. The van der Waals surface area contributed by atoms with Gasteiger partial charge >= 0.3 is 5.97 Å². The predicted octanol–water partition coefficient (Wildman–Crippen LogP) is -0.516. The molecular formula is C8H10N2O5. The lowest BCUT2D eigenvalue weighted by Crippen LogP contribution is -2.24. The topological polar surface area (TPSA) is 115 Å². The second kappa shape index (κ2) is 5.13. The Hall–Kier alpha value is -1.86. The van der Waals surface area contributed by atoms with E-state index in [2.05, 4.69) is 10.3 Å². The summed E-state index contributed by atoms with van der Waals surface area (Å²) in [6, 6.07) is 1.33. The number of rotatable bonds is 6. The third-order valence-corrected chi connectivity index (χ3v) is 1.53. The molecular weight excluding hydrogens is 204 g/mol. The number of furan rings is 1. The lowest BCUT2D eigenvalue weighted by molar-refractivity contribution is -0.125. The molecule has 0 aliphatic heterocycles. The van der Waals surface area contributed by atoms with E-state index in [4.69, 9.17) is 15.3 Å². The monoisotopic (exact) mass is 214 g/mol. The Labute approximate surface area is 84.8 Å². The molecule has 0 fully saturated rings. The molecule has 0 saturated carbocycles. The van der Waals surface area contributed by atoms with Crippen LogP contribution in [0.5, 0.6) is 0 Å². The van der Waals surface area contributed by atoms with Gasteiger partial charge in [-0.1, -0.05) is 0 Å². The normalized spacial score (nSPS) is 10.1. The van der Waals surface area contributed by atoms with E-state index in [0.29, 0.717) is 0 Å². The maximum absolute atomic E-state index is 10.6. The molecule has 0 aromatic carbocycles. The molecule has 0 aliphatic rings. The lowest BCUT2D eigenvalue weighted by atomic mass is 10.2. The van der Waals surface area contributed by atoms with E-state index in [-0.39, 0.29) is 24.5 Å². The lowest BCUT2D eigenvalue weighted by Gasteiger charge is -2.02. The van der Waals surface area contributed by atoms with Crippen molar-refractivity contribution in [2.45, 2.75) is 6.54 Å². The number of carbonyl (C=O) groups excluding carboxylic acids is 1. The molecule has 15 heavy (non-hydrogen) atoms. The van der Waals surface area contributed by atoms with Crippen LogP contribution in [0.1, 0.15) is 16.1 Å². The molecule has 0 spiro atoms. The van der Waals surface area contributed by atoms with Gasteiger partial charge < -0.3 is 15.3 Å². The number of nitrogens with one attached hydrogen (secondary N) is 1. The fourth-order valence-corrected chi connectivity index (χ4v) is 0.907. The molecule has 1 rings (SSSR count). The predicted molar refractivity (Wildman–Crippen MR) is 47.7 cm³/mol. The number of aromatic carboxylic acids is 1. The molecule has 0 unspecified atom stereocenters. The van der Waals surface area contributed by atoms with Crippen molar-refractivity contribution >= 4 is 11.9 Å². The number of carboxylic acid groups (broad SMARTS) is 1. The number of primary amides is 1. The number of carbonyl (C=O) groups is 2. The molecule has 1 heterocycles. The molecule has 82 valence electrons. The van der Waals surface area contributed by atoms with E-state index >= 15 is 0 Å². The van der Waals surface area contributed by atoms with Crippen LogP contribution >= 0.6 is 0 Å². The molecule has 0 aliphatic carbocycles. The first-order valence-electron chi connectivity index (χ1n) is 4.04. The standard InChI is InChI=1S/C8H10N2O5/c9-7(11)4-15-10-3-6-5(8(12)13)1-2-14-6/h1-2,10H,3-4H2,(H2,9,11)(H,12,13). The van der Waals surface area contributed by atoms with Crippen LogP contribution in [0.25, 0.3) is 0 Å². The van der Waals surface area contributed by atoms with Crippen LogP contribution in [0.4, 0.5) is 0 Å². The first-order valence-corrected chi connectivity index (χ1v) is 4.04. The molecule has 4 N–H and O–H groups in total. The van der Waals surface area contributed by atoms with E-state index in [0.717, 1.165) is 0 Å². The van der Waals surface area contributed by atoms with E-state index in [1.54, 1.807) is 0 Å². The average Bonchev–Trinajstić information content (AvgIpc) is 2.60. The Morgan fingerprint density at radius 3 is 2.93 bits per heavy atom. The highest BCUT2D eigenvalue weighted by Crippen LogP contribution is 2.09. The molecule has 1 aromatic heterocycles. The van der Waals surface area contributed by atoms with E-state index < -0.39 is 11.9 Å². The highest BCUT2D eigenvalue weighted by Gasteiger charge is 2.12. The quantitative estimate of drug-likeness (QED) is 0.433. The number of nitrogens with two attached hydrogens (primary N) is 1. The molecule has 1 aromatic rings. The van der Waals surface area contributed by atoms with Crippen LogP contribution in [0.2, 0.25) is 0 Å². The van der Waals surface area contributed by atoms with Crippen molar-refractivity contribution in [1.82, 2.24) is 5.48 Å². The average molecular weight is 214 g/mol. The summed E-state index contributed by atoms with van der Waals surface area (Å²) in [5.41, 5.74) is 7.21. The maximum Gasteiger partial charge on any atom is 0.339 e. The zero-order chi connectivity index (χ0) is 11.3. The van der Waals surface area contributed by atoms with Crippen LogP contribution in [0, 0.1) is 0 Å². The minimum absolute atomic E-state index is 0.0436. The van der Waals surface area contributed by atoms with Crippen molar-refractivity contribution in [3.05, 3.63) is 23.7 Å². The smallest absolute Gasteiger partial charge is 0.339 e. The van der Waals surface area contributed by atoms with Gasteiger partial charge in [0.1, 0.15) is 17.9 Å². The summed E-state index contributed by atoms with van der Waals surface area (Å²) in [6.07, 6.45) is 1.26. The van der Waals surface area contributed by atoms with Crippen LogP contribution in [0.3, 0.4) is 0 Å². The van der Waals surface area contributed by atoms with Gasteiger partial charge in [0, 0.05) is 0 Å². The van der Waals surface area contributed by atoms with Gasteiger partial charge in [0.05, 0.1) is 12.8 Å². The van der Waals surface area contributed by atoms with E-state index in [1.807, 2.05) is 0 Å². The second-order valence-corrected chi connectivity index (χ2v) is 2.64. The highest BCUT2D eigenvalue weighted by atomic mass is 16.6. The fourth-order valence-electron chi connectivity index (χ4n) is 0.907. The van der Waals surface area contributed by atoms with Crippen LogP contribution in [-0.4, -0.2) is 23.6 Å². The van der Waals surface area contributed by atoms with Crippen LogP contribution in [-0.2, 0) is 16.2 Å². The minimum atomic E-state index is -1.09. The first kappa shape index (κ1) is 11.2. The summed E-state index contributed by atoms with van der Waals surface area (Å²) in [7, 11) is 0. The summed E-state index contributed by atoms with van der Waals surface area (Å²) < 4.78 is 4.89. The Bertz CT molecular complexity index is 360. The number of amides is 1. The summed E-state index contributed by atoms with van der Waals surface area (Å²) in [5, 5.41) is 8.70. The number of carboxylic acids is 1. The van der Waals surface area contributed by atoms with Gasteiger partial charge in [-0.2, -0.15) is 5.48 Å². The van der Waals surface area contributed by atoms with Gasteiger partial charge in [0.25, 0.3) is 0 Å². The summed E-state index contributed by atoms with van der Waals surface area (Å²) in [6.45, 7) is -0.245. The van der Waals surface area contributed by atoms with E-state index in [1.165, 1.54) is 12.3 Å². The number of hydrogen-bond acceptors (Lipinski definition) is 5. The minimum Gasteiger partial charge on any atom is -0.478 e. The first-order chi connectivity index (χ1) is 7.11. The third kappa shape index (κ3) is 3.41. The number of hydrogen-bond donors (Lipinski definition) is 3. The summed E-state index contributed by atoms with van der Waals surface area (Å²) in [4.78, 5) is 25.5. The molecule has 7 nitrogen and oxygen atoms in total. The van der Waals surface area contributed by atoms with Crippen molar-refractivity contribution in [3.63, 3.8) is 0 Å².